The van der Waals surface area contributed by atoms with Crippen LogP contribution in [-0.2, 0) is 5.75 Å². The number of hydrogen-bond donors (Lipinski definition) is 0. The molecular weight excluding hydrogens is 388 g/mol. The van der Waals surface area contributed by atoms with Gasteiger partial charge in [0.1, 0.15) is 0 Å². The van der Waals surface area contributed by atoms with E-state index in [0.717, 1.165) is 33.5 Å². The third kappa shape index (κ3) is 3.96. The Hall–Kier alpha value is -2.63. The number of aryl methyl sites for hydroxylation is 2. The Morgan fingerprint density at radius 3 is 2.68 bits per heavy atom. The Kier molecular flexibility index (Phi) is 5.46. The highest BCUT2D eigenvalue weighted by Gasteiger charge is 2.18. The van der Waals surface area contributed by atoms with Crippen molar-refractivity contribution in [2.75, 3.05) is 0 Å². The number of nitrogens with zero attached hydrogens (tertiary/aromatic N) is 4. The molecule has 0 N–H and O–H groups in total. The van der Waals surface area contributed by atoms with Gasteiger partial charge in [0.15, 0.2) is 11.0 Å². The van der Waals surface area contributed by atoms with Gasteiger partial charge < -0.3 is 0 Å². The zero-order chi connectivity index (χ0) is 19.5. The van der Waals surface area contributed by atoms with Gasteiger partial charge in [-0.05, 0) is 49.2 Å². The van der Waals surface area contributed by atoms with Gasteiger partial charge in [0.25, 0.3) is 0 Å². The van der Waals surface area contributed by atoms with E-state index < -0.39 is 0 Å². The van der Waals surface area contributed by atoms with Crippen molar-refractivity contribution in [1.82, 2.24) is 19.7 Å². The molecule has 0 bridgehead atoms. The van der Waals surface area contributed by atoms with Crippen LogP contribution in [-0.4, -0.2) is 19.7 Å². The van der Waals surface area contributed by atoms with Crippen LogP contribution < -0.4 is 0 Å². The number of aromatic nitrogens is 4. The van der Waals surface area contributed by atoms with Gasteiger partial charge in [0, 0.05) is 28.7 Å². The summed E-state index contributed by atoms with van der Waals surface area (Å²) < 4.78 is 2.07. The predicted molar refractivity (Wildman–Crippen MR) is 115 cm³/mol. The molecule has 0 atom stereocenters. The van der Waals surface area contributed by atoms with Crippen LogP contribution >= 0.6 is 23.4 Å². The molecule has 0 unspecified atom stereocenters. The van der Waals surface area contributed by atoms with E-state index in [1.54, 1.807) is 24.2 Å². The molecule has 0 aliphatic rings. The van der Waals surface area contributed by atoms with Gasteiger partial charge in [0.05, 0.1) is 5.69 Å². The van der Waals surface area contributed by atoms with E-state index in [1.807, 2.05) is 30.3 Å². The Morgan fingerprint density at radius 2 is 1.89 bits per heavy atom. The van der Waals surface area contributed by atoms with Crippen molar-refractivity contribution in [3.63, 3.8) is 0 Å². The molecule has 4 aromatic rings. The molecule has 140 valence electrons. The van der Waals surface area contributed by atoms with Crippen molar-refractivity contribution in [2.24, 2.45) is 0 Å². The summed E-state index contributed by atoms with van der Waals surface area (Å²) in [6.07, 6.45) is 3.55. The van der Waals surface area contributed by atoms with E-state index in [1.165, 1.54) is 11.1 Å². The average Bonchev–Trinajstić information content (AvgIpc) is 3.13. The first-order valence-electron chi connectivity index (χ1n) is 8.92. The minimum Gasteiger partial charge on any atom is -0.270 e. The molecule has 0 aliphatic carbocycles. The van der Waals surface area contributed by atoms with Crippen molar-refractivity contribution < 1.29 is 0 Å². The van der Waals surface area contributed by atoms with Gasteiger partial charge in [0.2, 0.25) is 0 Å². The Morgan fingerprint density at radius 1 is 1.00 bits per heavy atom. The summed E-state index contributed by atoms with van der Waals surface area (Å²) in [5.41, 5.74) is 5.50. The van der Waals surface area contributed by atoms with Crippen molar-refractivity contribution in [3.05, 3.63) is 88.7 Å². The molecule has 0 radical (unpaired) electrons. The van der Waals surface area contributed by atoms with Gasteiger partial charge in [-0.1, -0.05) is 59.3 Å². The summed E-state index contributed by atoms with van der Waals surface area (Å²) in [6, 6.07) is 18.3. The van der Waals surface area contributed by atoms with Gasteiger partial charge >= 0.3 is 0 Å². The molecule has 0 aliphatic heterocycles. The van der Waals surface area contributed by atoms with Crippen molar-refractivity contribution in [3.8, 4) is 17.1 Å². The van der Waals surface area contributed by atoms with Crippen LogP contribution in [0.15, 0.2) is 72.1 Å². The Labute approximate surface area is 173 Å². The molecule has 4 rings (SSSR count). The fourth-order valence-electron chi connectivity index (χ4n) is 3.04. The number of thioether (sulfide) groups is 1. The molecule has 4 nitrogen and oxygen atoms in total. The smallest absolute Gasteiger partial charge is 0.196 e. The zero-order valence-corrected chi connectivity index (χ0v) is 17.2. The Balaban J connectivity index is 1.78. The van der Waals surface area contributed by atoms with Gasteiger partial charge in [-0.2, -0.15) is 0 Å². The second kappa shape index (κ2) is 8.17. The highest BCUT2D eigenvalue weighted by molar-refractivity contribution is 7.98. The van der Waals surface area contributed by atoms with Crippen LogP contribution in [0.3, 0.4) is 0 Å². The number of benzene rings is 2. The topological polar surface area (TPSA) is 43.6 Å². The normalized spacial score (nSPS) is 11.0. The minimum atomic E-state index is 0.682. The highest BCUT2D eigenvalue weighted by atomic mass is 35.5. The molecule has 2 aromatic carbocycles. The lowest BCUT2D eigenvalue weighted by Crippen LogP contribution is -2.02. The lowest BCUT2D eigenvalue weighted by atomic mass is 10.2. The second-order valence-electron chi connectivity index (χ2n) is 6.59. The van der Waals surface area contributed by atoms with Gasteiger partial charge in [-0.25, -0.2) is 0 Å². The van der Waals surface area contributed by atoms with Gasteiger partial charge in [-0.15, -0.1) is 10.2 Å². The highest BCUT2D eigenvalue weighted by Crippen LogP contribution is 2.32. The van der Waals surface area contributed by atoms with E-state index in [9.17, 15) is 0 Å². The Bertz CT molecular complexity index is 1110. The third-order valence-corrected chi connectivity index (χ3v) is 5.65. The standard InChI is InChI=1S/C22H19ClN4S/c1-15-5-3-6-17(11-15)14-28-22-26-25-21(18-7-4-10-24-13-18)27(22)20-12-19(23)9-8-16(20)2/h3-13H,14H2,1-2H3. The van der Waals surface area contributed by atoms with Crippen LogP contribution in [0.5, 0.6) is 0 Å². The van der Waals surface area contributed by atoms with E-state index in [4.69, 9.17) is 11.6 Å². The summed E-state index contributed by atoms with van der Waals surface area (Å²) in [7, 11) is 0. The molecule has 0 amide bonds. The number of rotatable bonds is 5. The average molecular weight is 407 g/mol. The lowest BCUT2D eigenvalue weighted by Gasteiger charge is -2.13. The zero-order valence-electron chi connectivity index (χ0n) is 15.6. The van der Waals surface area contributed by atoms with Crippen LogP contribution in [0.2, 0.25) is 5.02 Å². The van der Waals surface area contributed by atoms with E-state index in [-0.39, 0.29) is 0 Å². The molecule has 2 aromatic heterocycles. The first kappa shape index (κ1) is 18.7. The maximum absolute atomic E-state index is 6.30. The first-order valence-corrected chi connectivity index (χ1v) is 10.3. The summed E-state index contributed by atoms with van der Waals surface area (Å²) in [5, 5.41) is 10.5. The van der Waals surface area contributed by atoms with Crippen LogP contribution in [0.25, 0.3) is 17.1 Å². The monoisotopic (exact) mass is 406 g/mol. The lowest BCUT2D eigenvalue weighted by molar-refractivity contribution is 0.880. The third-order valence-electron chi connectivity index (χ3n) is 4.42. The summed E-state index contributed by atoms with van der Waals surface area (Å²) >= 11 is 7.96. The van der Waals surface area contributed by atoms with E-state index in [2.05, 4.69) is 57.9 Å². The summed E-state index contributed by atoms with van der Waals surface area (Å²) in [4.78, 5) is 4.23. The second-order valence-corrected chi connectivity index (χ2v) is 7.97. The largest absolute Gasteiger partial charge is 0.270 e. The van der Waals surface area contributed by atoms with Crippen LogP contribution in [0.4, 0.5) is 0 Å². The maximum Gasteiger partial charge on any atom is 0.196 e. The SMILES string of the molecule is Cc1cccc(CSc2nnc(-c3cccnc3)n2-c2cc(Cl)ccc2C)c1. The molecule has 28 heavy (non-hydrogen) atoms. The van der Waals surface area contributed by atoms with Crippen molar-refractivity contribution in [1.29, 1.82) is 0 Å². The molecule has 2 heterocycles. The number of halogens is 1. The van der Waals surface area contributed by atoms with Crippen LogP contribution in [0, 0.1) is 13.8 Å². The number of hydrogen-bond acceptors (Lipinski definition) is 4. The van der Waals surface area contributed by atoms with Crippen molar-refractivity contribution >= 4 is 23.4 Å². The van der Waals surface area contributed by atoms with Gasteiger partial charge in [-0.3, -0.25) is 9.55 Å². The fraction of sp³-hybridized carbons (Fsp3) is 0.136. The predicted octanol–water partition coefficient (Wildman–Crippen LogP) is 5.89. The maximum atomic E-state index is 6.30. The molecule has 6 heteroatoms. The summed E-state index contributed by atoms with van der Waals surface area (Å²) in [5.74, 6) is 1.57. The fourth-order valence-corrected chi connectivity index (χ4v) is 4.09. The first-order chi connectivity index (χ1) is 13.6. The minimum absolute atomic E-state index is 0.682. The van der Waals surface area contributed by atoms with Crippen LogP contribution in [0.1, 0.15) is 16.7 Å². The summed E-state index contributed by atoms with van der Waals surface area (Å²) in [6.45, 7) is 4.17. The quantitative estimate of drug-likeness (QED) is 0.387. The number of pyridine rings is 1. The molecular formula is C22H19ClN4S. The molecule has 0 saturated heterocycles. The van der Waals surface area contributed by atoms with Crippen molar-refractivity contribution in [2.45, 2.75) is 24.8 Å². The molecule has 0 saturated carbocycles. The van der Waals surface area contributed by atoms with E-state index >= 15 is 0 Å². The molecule has 0 spiro atoms. The van der Waals surface area contributed by atoms with E-state index in [0.29, 0.717) is 5.02 Å². The molecule has 0 fully saturated rings.